The fourth-order valence-electron chi connectivity index (χ4n) is 1.38. The number of rotatable bonds is 2. The van der Waals surface area contributed by atoms with Crippen molar-refractivity contribution in [1.29, 1.82) is 0 Å². The first-order valence-corrected chi connectivity index (χ1v) is 5.22. The number of imide groups is 2. The van der Waals surface area contributed by atoms with Crippen molar-refractivity contribution in [2.45, 2.75) is 25.7 Å². The van der Waals surface area contributed by atoms with Gasteiger partial charge in [-0.2, -0.15) is 0 Å². The maximum absolute atomic E-state index is 11.2. The molecular formula is C8H8N2O4S. The van der Waals surface area contributed by atoms with Gasteiger partial charge in [-0.15, -0.1) is 0 Å². The molecule has 0 atom stereocenters. The van der Waals surface area contributed by atoms with Gasteiger partial charge in [-0.1, -0.05) is 0 Å². The second kappa shape index (κ2) is 3.65. The second-order valence-electron chi connectivity index (χ2n) is 3.25. The third-order valence-corrected chi connectivity index (χ3v) is 3.32. The van der Waals surface area contributed by atoms with Crippen molar-refractivity contribution >= 4 is 35.8 Å². The lowest BCUT2D eigenvalue weighted by Gasteiger charge is -2.17. The predicted molar refractivity (Wildman–Crippen MR) is 49.8 cm³/mol. The van der Waals surface area contributed by atoms with E-state index in [-0.39, 0.29) is 49.3 Å². The molecule has 0 unspecified atom stereocenters. The number of nitrogens with zero attached hydrogens (tertiary/aromatic N) is 2. The van der Waals surface area contributed by atoms with Crippen LogP contribution in [0.2, 0.25) is 0 Å². The van der Waals surface area contributed by atoms with E-state index < -0.39 is 0 Å². The van der Waals surface area contributed by atoms with Gasteiger partial charge in [0.15, 0.2) is 0 Å². The molecule has 4 amide bonds. The lowest BCUT2D eigenvalue weighted by Crippen LogP contribution is -2.31. The van der Waals surface area contributed by atoms with Crippen LogP contribution in [-0.4, -0.2) is 32.2 Å². The fraction of sp³-hybridized carbons (Fsp3) is 0.500. The summed E-state index contributed by atoms with van der Waals surface area (Å²) in [4.78, 5) is 44.9. The number of carbonyl (C=O) groups is 4. The van der Waals surface area contributed by atoms with Crippen LogP contribution in [0.5, 0.6) is 0 Å². The number of hydrogen-bond donors (Lipinski definition) is 0. The zero-order chi connectivity index (χ0) is 11.0. The third kappa shape index (κ3) is 1.74. The first-order valence-electron chi connectivity index (χ1n) is 4.49. The highest BCUT2D eigenvalue weighted by molar-refractivity contribution is 7.96. The average molecular weight is 228 g/mol. The van der Waals surface area contributed by atoms with Crippen molar-refractivity contribution in [3.63, 3.8) is 0 Å². The lowest BCUT2D eigenvalue weighted by molar-refractivity contribution is -0.132. The minimum atomic E-state index is -0.350. The number of carbonyl (C=O) groups excluding carboxylic acids is 4. The normalized spacial score (nSPS) is 22.1. The molecule has 2 fully saturated rings. The Morgan fingerprint density at radius 1 is 0.667 bits per heavy atom. The van der Waals surface area contributed by atoms with Gasteiger partial charge in [0.1, 0.15) is 0 Å². The van der Waals surface area contributed by atoms with Gasteiger partial charge in [-0.25, -0.2) is 8.61 Å². The monoisotopic (exact) mass is 228 g/mol. The van der Waals surface area contributed by atoms with E-state index in [2.05, 4.69) is 0 Å². The SMILES string of the molecule is O=C1CCC(=O)N1SN1C(=O)CCC1=O. The smallest absolute Gasteiger partial charge is 0.241 e. The highest BCUT2D eigenvalue weighted by atomic mass is 32.2. The summed E-state index contributed by atoms with van der Waals surface area (Å²) in [6.07, 6.45) is 0.619. The van der Waals surface area contributed by atoms with Crippen molar-refractivity contribution < 1.29 is 19.2 Å². The molecule has 0 aliphatic carbocycles. The predicted octanol–water partition coefficient (Wildman–Crippen LogP) is -0.152. The molecule has 0 bridgehead atoms. The summed E-state index contributed by atoms with van der Waals surface area (Å²) >= 11 is 0.616. The van der Waals surface area contributed by atoms with Crippen LogP contribution in [0.4, 0.5) is 0 Å². The van der Waals surface area contributed by atoms with Gasteiger partial charge in [-0.3, -0.25) is 19.2 Å². The first-order chi connectivity index (χ1) is 7.09. The van der Waals surface area contributed by atoms with E-state index in [4.69, 9.17) is 0 Å². The molecule has 7 heteroatoms. The van der Waals surface area contributed by atoms with Crippen molar-refractivity contribution in [3.05, 3.63) is 0 Å². The maximum atomic E-state index is 11.2. The topological polar surface area (TPSA) is 74.8 Å². The van der Waals surface area contributed by atoms with Gasteiger partial charge >= 0.3 is 0 Å². The van der Waals surface area contributed by atoms with Crippen LogP contribution in [0.25, 0.3) is 0 Å². The van der Waals surface area contributed by atoms with E-state index in [0.717, 1.165) is 8.61 Å². The summed E-state index contributed by atoms with van der Waals surface area (Å²) in [6, 6.07) is 0. The summed E-state index contributed by atoms with van der Waals surface area (Å²) in [6.45, 7) is 0. The Morgan fingerprint density at radius 3 is 1.20 bits per heavy atom. The van der Waals surface area contributed by atoms with E-state index in [9.17, 15) is 19.2 Å². The van der Waals surface area contributed by atoms with E-state index in [1.807, 2.05) is 0 Å². The molecule has 6 nitrogen and oxygen atoms in total. The van der Waals surface area contributed by atoms with Crippen molar-refractivity contribution in [3.8, 4) is 0 Å². The van der Waals surface area contributed by atoms with Gasteiger partial charge in [0, 0.05) is 25.7 Å². The van der Waals surface area contributed by atoms with E-state index >= 15 is 0 Å². The molecule has 15 heavy (non-hydrogen) atoms. The quantitative estimate of drug-likeness (QED) is 0.485. The summed E-state index contributed by atoms with van der Waals surface area (Å²) in [7, 11) is 0. The van der Waals surface area contributed by atoms with Crippen LogP contribution in [0.15, 0.2) is 0 Å². The molecule has 2 rings (SSSR count). The van der Waals surface area contributed by atoms with Crippen LogP contribution in [0.3, 0.4) is 0 Å². The molecule has 2 aliphatic rings. The van der Waals surface area contributed by atoms with Crippen LogP contribution in [0.1, 0.15) is 25.7 Å². The Labute approximate surface area is 89.8 Å². The Morgan fingerprint density at radius 2 is 0.933 bits per heavy atom. The molecule has 2 aliphatic heterocycles. The number of amides is 4. The summed E-state index contributed by atoms with van der Waals surface area (Å²) in [5.41, 5.74) is 0. The molecule has 0 aromatic heterocycles. The zero-order valence-electron chi connectivity index (χ0n) is 7.76. The summed E-state index contributed by atoms with van der Waals surface area (Å²) < 4.78 is 1.78. The van der Waals surface area contributed by atoms with Gasteiger partial charge in [0.25, 0.3) is 0 Å². The molecule has 0 aromatic rings. The van der Waals surface area contributed by atoms with E-state index in [1.54, 1.807) is 0 Å². The molecule has 0 saturated carbocycles. The lowest BCUT2D eigenvalue weighted by atomic mass is 10.4. The molecule has 0 N–H and O–H groups in total. The zero-order valence-corrected chi connectivity index (χ0v) is 8.58. The van der Waals surface area contributed by atoms with Crippen LogP contribution >= 0.6 is 12.1 Å². The Bertz CT molecular complexity index is 302. The molecule has 80 valence electrons. The maximum Gasteiger partial charge on any atom is 0.241 e. The molecule has 0 aromatic carbocycles. The van der Waals surface area contributed by atoms with Gasteiger partial charge in [0.2, 0.25) is 23.6 Å². The highest BCUT2D eigenvalue weighted by Crippen LogP contribution is 2.28. The Kier molecular flexibility index (Phi) is 2.47. The van der Waals surface area contributed by atoms with Crippen LogP contribution < -0.4 is 0 Å². The molecular weight excluding hydrogens is 220 g/mol. The largest absolute Gasteiger partial charge is 0.273 e. The second-order valence-corrected chi connectivity index (χ2v) is 4.14. The Hall–Kier alpha value is -1.37. The van der Waals surface area contributed by atoms with Crippen molar-refractivity contribution in [2.75, 3.05) is 0 Å². The Balaban J connectivity index is 2.08. The van der Waals surface area contributed by atoms with E-state index in [0.29, 0.717) is 12.1 Å². The van der Waals surface area contributed by atoms with Crippen molar-refractivity contribution in [1.82, 2.24) is 8.61 Å². The van der Waals surface area contributed by atoms with Crippen molar-refractivity contribution in [2.24, 2.45) is 0 Å². The fourth-order valence-corrected chi connectivity index (χ4v) is 2.27. The first kappa shape index (κ1) is 10.2. The minimum absolute atomic E-state index is 0.155. The molecule has 2 saturated heterocycles. The standard InChI is InChI=1S/C8H8N2O4S/c11-5-1-2-6(12)9(5)15-10-7(13)3-4-8(10)14/h1-4H2. The molecule has 0 radical (unpaired) electrons. The van der Waals surface area contributed by atoms with Crippen LogP contribution in [-0.2, 0) is 19.2 Å². The molecule has 2 heterocycles. The van der Waals surface area contributed by atoms with Gasteiger partial charge in [-0.05, 0) is 0 Å². The van der Waals surface area contributed by atoms with Gasteiger partial charge in [0.05, 0.1) is 12.1 Å². The minimum Gasteiger partial charge on any atom is -0.273 e. The number of hydrogen-bond acceptors (Lipinski definition) is 5. The summed E-state index contributed by atoms with van der Waals surface area (Å²) in [5.74, 6) is -1.40. The van der Waals surface area contributed by atoms with E-state index in [1.165, 1.54) is 0 Å². The average Bonchev–Trinajstić information content (AvgIpc) is 2.67. The molecule has 0 spiro atoms. The highest BCUT2D eigenvalue weighted by Gasteiger charge is 2.38. The third-order valence-electron chi connectivity index (χ3n) is 2.17. The van der Waals surface area contributed by atoms with Crippen LogP contribution in [0, 0.1) is 0 Å². The van der Waals surface area contributed by atoms with Gasteiger partial charge < -0.3 is 0 Å². The summed E-state index contributed by atoms with van der Waals surface area (Å²) in [5, 5.41) is 0.